The molecule has 4 heteroatoms. The lowest BCUT2D eigenvalue weighted by molar-refractivity contribution is 0.0458. The Morgan fingerprint density at radius 1 is 1.15 bits per heavy atom. The monoisotopic (exact) mass is 265 g/mol. The first-order valence-corrected chi connectivity index (χ1v) is 7.04. The maximum Gasteiger partial charge on any atom is 0.132 e. The second-order valence-electron chi connectivity index (χ2n) is 5.74. The highest BCUT2D eigenvalue weighted by Crippen LogP contribution is 2.68. The maximum absolute atomic E-state index is 5.90. The number of hydrogen-bond acceptors (Lipinski definition) is 4. The van der Waals surface area contributed by atoms with Gasteiger partial charge in [-0.1, -0.05) is 36.4 Å². The van der Waals surface area contributed by atoms with Crippen molar-refractivity contribution in [2.24, 2.45) is 0 Å². The van der Waals surface area contributed by atoms with E-state index < -0.39 is 0 Å². The molecule has 0 N–H and O–H groups in total. The van der Waals surface area contributed by atoms with E-state index in [9.17, 15) is 0 Å². The first-order valence-electron chi connectivity index (χ1n) is 7.04. The number of nitrogens with zero attached hydrogens (tertiary/aromatic N) is 3. The van der Waals surface area contributed by atoms with Gasteiger partial charge in [0.2, 0.25) is 0 Å². The van der Waals surface area contributed by atoms with Crippen LogP contribution in [0, 0.1) is 0 Å². The van der Waals surface area contributed by atoms with Crippen molar-refractivity contribution in [2.45, 2.75) is 24.9 Å². The van der Waals surface area contributed by atoms with Crippen molar-refractivity contribution >= 4 is 0 Å². The third-order valence-electron chi connectivity index (χ3n) is 4.56. The summed E-state index contributed by atoms with van der Waals surface area (Å²) >= 11 is 0. The fraction of sp³-hybridized carbons (Fsp3) is 0.312. The molecule has 2 unspecified atom stereocenters. The van der Waals surface area contributed by atoms with Crippen molar-refractivity contribution in [2.75, 3.05) is 6.61 Å². The molecule has 0 saturated carbocycles. The number of pyridine rings is 1. The Labute approximate surface area is 117 Å². The molecule has 2 saturated heterocycles. The number of aromatic nitrogens is 1. The minimum atomic E-state index is 0.0968. The maximum atomic E-state index is 5.90. The van der Waals surface area contributed by atoms with Crippen LogP contribution in [0.1, 0.15) is 23.0 Å². The zero-order valence-corrected chi connectivity index (χ0v) is 11.1. The summed E-state index contributed by atoms with van der Waals surface area (Å²) in [4.78, 5) is 4.44. The van der Waals surface area contributed by atoms with Gasteiger partial charge in [-0.25, -0.2) is 0 Å². The largest absolute Gasteiger partial charge is 0.372 e. The Bertz CT molecular complexity index is 662. The molecule has 4 heterocycles. The zero-order chi connectivity index (χ0) is 13.2. The molecule has 5 rings (SSSR count). The summed E-state index contributed by atoms with van der Waals surface area (Å²) in [6, 6.07) is 14.8. The molecule has 100 valence electrons. The van der Waals surface area contributed by atoms with Crippen LogP contribution in [-0.2, 0) is 17.8 Å². The molecule has 1 aromatic heterocycles. The van der Waals surface area contributed by atoms with Gasteiger partial charge < -0.3 is 4.74 Å². The average molecular weight is 265 g/mol. The van der Waals surface area contributed by atoms with Gasteiger partial charge in [0.05, 0.1) is 18.9 Å². The Kier molecular flexibility index (Phi) is 2.01. The van der Waals surface area contributed by atoms with Crippen LogP contribution in [0.5, 0.6) is 0 Å². The van der Waals surface area contributed by atoms with Gasteiger partial charge in [0.15, 0.2) is 0 Å². The van der Waals surface area contributed by atoms with Crippen LogP contribution in [0.25, 0.3) is 0 Å². The van der Waals surface area contributed by atoms with Gasteiger partial charge in [0.25, 0.3) is 0 Å². The average Bonchev–Trinajstić information content (AvgIpc) is 3.35. The molecule has 2 fully saturated rings. The molecule has 3 aliphatic heterocycles. The highest BCUT2D eigenvalue weighted by atomic mass is 16.5. The lowest BCUT2D eigenvalue weighted by atomic mass is 9.98. The minimum Gasteiger partial charge on any atom is -0.372 e. The Morgan fingerprint density at radius 2 is 2.00 bits per heavy atom. The van der Waals surface area contributed by atoms with Crippen LogP contribution < -0.4 is 0 Å². The Morgan fingerprint density at radius 3 is 2.85 bits per heavy atom. The van der Waals surface area contributed by atoms with Crippen molar-refractivity contribution in [3.05, 3.63) is 65.5 Å². The predicted octanol–water partition coefficient (Wildman–Crippen LogP) is 2.10. The smallest absolute Gasteiger partial charge is 0.132 e. The Balaban J connectivity index is 1.44. The molecule has 0 amide bonds. The van der Waals surface area contributed by atoms with Gasteiger partial charge in [0, 0.05) is 18.2 Å². The normalized spacial score (nSPS) is 36.3. The molecule has 4 nitrogen and oxygen atoms in total. The van der Waals surface area contributed by atoms with E-state index in [2.05, 4.69) is 51.4 Å². The van der Waals surface area contributed by atoms with E-state index in [1.54, 1.807) is 0 Å². The first-order chi connectivity index (χ1) is 9.90. The fourth-order valence-corrected chi connectivity index (χ4v) is 3.54. The summed E-state index contributed by atoms with van der Waals surface area (Å²) in [5, 5.41) is 4.86. The van der Waals surface area contributed by atoms with Crippen LogP contribution in [0.15, 0.2) is 48.7 Å². The van der Waals surface area contributed by atoms with E-state index in [-0.39, 0.29) is 5.66 Å². The van der Waals surface area contributed by atoms with Gasteiger partial charge in [-0.15, -0.1) is 0 Å². The standard InChI is InChI=1S/C16H15N3O/c1-2-5-12(6-3-1)9-16-11-20-10-14-13(7-4-8-17-14)15-18(16)19(15)16/h1-8,15H,9-11H2. The number of ether oxygens (including phenoxy) is 1. The highest BCUT2D eigenvalue weighted by molar-refractivity contribution is 5.37. The molecular weight excluding hydrogens is 250 g/mol. The molecule has 2 aromatic rings. The summed E-state index contributed by atoms with van der Waals surface area (Å²) in [5.41, 5.74) is 3.85. The van der Waals surface area contributed by atoms with Gasteiger partial charge in [-0.05, 0) is 11.6 Å². The van der Waals surface area contributed by atoms with Crippen LogP contribution >= 0.6 is 0 Å². The summed E-state index contributed by atoms with van der Waals surface area (Å²) < 4.78 is 5.90. The number of benzene rings is 1. The number of rotatable bonds is 2. The summed E-state index contributed by atoms with van der Waals surface area (Å²) in [6.45, 7) is 1.39. The molecule has 2 atom stereocenters. The second kappa shape index (κ2) is 3.67. The lowest BCUT2D eigenvalue weighted by Gasteiger charge is -2.27. The van der Waals surface area contributed by atoms with Crippen LogP contribution in [0.2, 0.25) is 0 Å². The van der Waals surface area contributed by atoms with E-state index in [0.717, 1.165) is 18.7 Å². The minimum absolute atomic E-state index is 0.0968. The quantitative estimate of drug-likeness (QED) is 0.777. The fourth-order valence-electron chi connectivity index (χ4n) is 3.54. The topological polar surface area (TPSA) is 28.1 Å². The van der Waals surface area contributed by atoms with Crippen LogP contribution in [0.3, 0.4) is 0 Å². The predicted molar refractivity (Wildman–Crippen MR) is 73.2 cm³/mol. The van der Waals surface area contributed by atoms with E-state index in [0.29, 0.717) is 12.8 Å². The second-order valence-corrected chi connectivity index (χ2v) is 5.74. The first kappa shape index (κ1) is 11.0. The van der Waals surface area contributed by atoms with Crippen molar-refractivity contribution in [1.29, 1.82) is 0 Å². The summed E-state index contributed by atoms with van der Waals surface area (Å²) in [6.07, 6.45) is 3.31. The Hall–Kier alpha value is -1.75. The van der Waals surface area contributed by atoms with E-state index in [4.69, 9.17) is 4.74 Å². The van der Waals surface area contributed by atoms with E-state index >= 15 is 0 Å². The molecule has 0 aliphatic carbocycles. The third kappa shape index (κ3) is 1.33. The molecule has 20 heavy (non-hydrogen) atoms. The summed E-state index contributed by atoms with van der Waals surface area (Å²) in [7, 11) is 0. The SMILES string of the molecule is c1ccc(CC23COCc4ncccc4C4N2N43)cc1. The zero-order valence-electron chi connectivity index (χ0n) is 11.1. The number of hydrazine groups is 1. The lowest BCUT2D eigenvalue weighted by Crippen LogP contribution is -2.39. The molecule has 3 aliphatic rings. The number of fused-ring (bicyclic) bond motifs is 4. The third-order valence-corrected chi connectivity index (χ3v) is 4.56. The van der Waals surface area contributed by atoms with Crippen LogP contribution in [0.4, 0.5) is 0 Å². The van der Waals surface area contributed by atoms with Crippen molar-refractivity contribution in [1.82, 2.24) is 15.0 Å². The van der Waals surface area contributed by atoms with E-state index in [1.807, 2.05) is 12.3 Å². The molecule has 1 aromatic carbocycles. The number of hydrogen-bond donors (Lipinski definition) is 0. The van der Waals surface area contributed by atoms with Crippen molar-refractivity contribution in [3.63, 3.8) is 0 Å². The van der Waals surface area contributed by atoms with Gasteiger partial charge in [-0.2, -0.15) is 10.0 Å². The van der Waals surface area contributed by atoms with Gasteiger partial charge >= 0.3 is 0 Å². The molecular formula is C16H15N3O. The van der Waals surface area contributed by atoms with Gasteiger partial charge in [0.1, 0.15) is 11.8 Å². The molecule has 0 radical (unpaired) electrons. The molecule has 0 spiro atoms. The van der Waals surface area contributed by atoms with E-state index in [1.165, 1.54) is 11.1 Å². The summed E-state index contributed by atoms with van der Waals surface area (Å²) in [5.74, 6) is 0. The van der Waals surface area contributed by atoms with Gasteiger partial charge in [-0.3, -0.25) is 4.98 Å². The molecule has 0 bridgehead atoms. The highest BCUT2D eigenvalue weighted by Gasteiger charge is 2.81. The van der Waals surface area contributed by atoms with Crippen molar-refractivity contribution < 1.29 is 4.74 Å². The van der Waals surface area contributed by atoms with Crippen LogP contribution in [-0.4, -0.2) is 27.3 Å². The van der Waals surface area contributed by atoms with Crippen molar-refractivity contribution in [3.8, 4) is 0 Å².